The highest BCUT2D eigenvalue weighted by molar-refractivity contribution is 8.13. The number of aliphatic imine (C=N–C) groups is 1. The molecule has 0 amide bonds. The van der Waals surface area contributed by atoms with Gasteiger partial charge in [0.15, 0.2) is 22.2 Å². The Labute approximate surface area is 135 Å². The minimum Gasteiger partial charge on any atom is -0.298 e. The molecule has 0 aliphatic carbocycles. The van der Waals surface area contributed by atoms with Gasteiger partial charge in [-0.2, -0.15) is 5.26 Å². The Morgan fingerprint density at radius 1 is 1.36 bits per heavy atom. The number of amidine groups is 1. The summed E-state index contributed by atoms with van der Waals surface area (Å²) < 4.78 is 0. The molecular formula is C13H12N6OS2. The third kappa shape index (κ3) is 3.66. The van der Waals surface area contributed by atoms with Gasteiger partial charge in [-0.3, -0.25) is 15.1 Å². The number of thioether (sulfide) groups is 2. The fraction of sp³-hybridized carbons (Fsp3) is 0.154. The van der Waals surface area contributed by atoms with E-state index < -0.39 is 0 Å². The number of para-hydroxylation sites is 1. The lowest BCUT2D eigenvalue weighted by Gasteiger charge is -2.06. The number of aromatic nitrogens is 3. The van der Waals surface area contributed by atoms with E-state index in [-0.39, 0.29) is 11.3 Å². The Bertz CT molecular complexity index is 796. The monoisotopic (exact) mass is 332 g/mol. The molecule has 0 radical (unpaired) electrons. The second-order valence-corrected chi connectivity index (χ2v) is 5.48. The molecule has 0 aliphatic heterocycles. The quantitative estimate of drug-likeness (QED) is 0.291. The fourth-order valence-corrected chi connectivity index (χ4v) is 2.30. The van der Waals surface area contributed by atoms with Crippen LogP contribution < -0.4 is 10.9 Å². The van der Waals surface area contributed by atoms with Crippen LogP contribution in [0.1, 0.15) is 0 Å². The summed E-state index contributed by atoms with van der Waals surface area (Å²) in [6, 6.07) is 7.06. The summed E-state index contributed by atoms with van der Waals surface area (Å²) in [7, 11) is 0. The van der Waals surface area contributed by atoms with E-state index in [1.54, 1.807) is 36.8 Å². The van der Waals surface area contributed by atoms with Crippen LogP contribution >= 0.6 is 23.5 Å². The molecule has 22 heavy (non-hydrogen) atoms. The molecule has 0 atom stereocenters. The van der Waals surface area contributed by atoms with Gasteiger partial charge in [-0.25, -0.2) is 4.99 Å². The zero-order valence-corrected chi connectivity index (χ0v) is 13.5. The van der Waals surface area contributed by atoms with Crippen molar-refractivity contribution in [1.29, 1.82) is 5.26 Å². The number of aromatic amines is 1. The van der Waals surface area contributed by atoms with Crippen LogP contribution in [0, 0.1) is 11.5 Å². The normalized spacial score (nSPS) is 11.0. The number of nitriles is 1. The van der Waals surface area contributed by atoms with Crippen molar-refractivity contribution in [2.24, 2.45) is 4.99 Å². The summed E-state index contributed by atoms with van der Waals surface area (Å²) in [5, 5.41) is 20.0. The Hall–Kier alpha value is -2.31. The lowest BCUT2D eigenvalue weighted by molar-refractivity contribution is 0.826. The standard InChI is InChI=1S/C13H12N6OS2/c1-21-12(15-7-14)16-9-6-4-3-5-8(9)10-11(20)17-13(22-2)19-18-10/h3-6H,1-2H3,(H,15,16)(H,17,19,20). The molecule has 0 saturated carbocycles. The maximum absolute atomic E-state index is 12.1. The van der Waals surface area contributed by atoms with Crippen molar-refractivity contribution in [3.63, 3.8) is 0 Å². The van der Waals surface area contributed by atoms with Crippen molar-refractivity contribution in [2.45, 2.75) is 5.16 Å². The van der Waals surface area contributed by atoms with Gasteiger partial charge in [0.2, 0.25) is 0 Å². The summed E-state index contributed by atoms with van der Waals surface area (Å²) >= 11 is 2.60. The second-order valence-electron chi connectivity index (χ2n) is 3.89. The van der Waals surface area contributed by atoms with E-state index in [1.807, 2.05) is 6.19 Å². The summed E-state index contributed by atoms with van der Waals surface area (Å²) in [6.07, 6.45) is 5.42. The van der Waals surface area contributed by atoms with Crippen molar-refractivity contribution in [3.05, 3.63) is 34.6 Å². The number of nitrogens with zero attached hydrogens (tertiary/aromatic N) is 4. The van der Waals surface area contributed by atoms with Gasteiger partial charge in [0.05, 0.1) is 5.69 Å². The number of hydrogen-bond acceptors (Lipinski definition) is 7. The largest absolute Gasteiger partial charge is 0.298 e. The molecule has 1 aromatic carbocycles. The zero-order valence-electron chi connectivity index (χ0n) is 11.8. The zero-order chi connectivity index (χ0) is 15.9. The fourth-order valence-electron chi connectivity index (χ4n) is 1.64. The van der Waals surface area contributed by atoms with E-state index in [0.29, 0.717) is 21.6 Å². The lowest BCUT2D eigenvalue weighted by atomic mass is 10.1. The molecule has 2 aromatic rings. The Morgan fingerprint density at radius 3 is 2.77 bits per heavy atom. The minimum atomic E-state index is -0.332. The average Bonchev–Trinajstić information content (AvgIpc) is 2.55. The lowest BCUT2D eigenvalue weighted by Crippen LogP contribution is -2.15. The molecule has 0 bridgehead atoms. The van der Waals surface area contributed by atoms with Crippen molar-refractivity contribution >= 4 is 34.4 Å². The van der Waals surface area contributed by atoms with E-state index >= 15 is 0 Å². The van der Waals surface area contributed by atoms with Crippen molar-refractivity contribution in [3.8, 4) is 17.5 Å². The van der Waals surface area contributed by atoms with Gasteiger partial charge in [-0.1, -0.05) is 41.7 Å². The molecule has 112 valence electrons. The molecule has 9 heteroatoms. The van der Waals surface area contributed by atoms with Crippen LogP contribution in [0.2, 0.25) is 0 Å². The number of hydrogen-bond donors (Lipinski definition) is 2. The first-order valence-electron chi connectivity index (χ1n) is 6.07. The molecule has 7 nitrogen and oxygen atoms in total. The SMILES string of the molecule is CSC(=Nc1ccccc1-c1nnc(SC)[nH]c1=O)NC#N. The van der Waals surface area contributed by atoms with Gasteiger partial charge in [0.25, 0.3) is 5.56 Å². The first-order valence-corrected chi connectivity index (χ1v) is 8.52. The van der Waals surface area contributed by atoms with Crippen molar-refractivity contribution in [1.82, 2.24) is 20.5 Å². The van der Waals surface area contributed by atoms with Gasteiger partial charge in [0, 0.05) is 5.56 Å². The molecule has 1 aromatic heterocycles. The van der Waals surface area contributed by atoms with E-state index in [0.717, 1.165) is 0 Å². The molecule has 0 aliphatic rings. The van der Waals surface area contributed by atoms with Crippen LogP contribution in [0.4, 0.5) is 5.69 Å². The van der Waals surface area contributed by atoms with Crippen molar-refractivity contribution < 1.29 is 0 Å². The molecule has 2 N–H and O–H groups in total. The predicted molar refractivity (Wildman–Crippen MR) is 89.2 cm³/mol. The van der Waals surface area contributed by atoms with E-state index in [9.17, 15) is 4.79 Å². The second kappa shape index (κ2) is 7.63. The first kappa shape index (κ1) is 16.1. The summed E-state index contributed by atoms with van der Waals surface area (Å²) in [5.74, 6) is 0. The van der Waals surface area contributed by atoms with E-state index in [2.05, 4.69) is 25.5 Å². The van der Waals surface area contributed by atoms with Crippen LogP contribution in [-0.4, -0.2) is 32.9 Å². The Morgan fingerprint density at radius 2 is 2.14 bits per heavy atom. The highest BCUT2D eigenvalue weighted by Gasteiger charge is 2.12. The van der Waals surface area contributed by atoms with Crippen molar-refractivity contribution in [2.75, 3.05) is 12.5 Å². The molecule has 0 saturated heterocycles. The summed E-state index contributed by atoms with van der Waals surface area (Å²) in [5.41, 5.74) is 0.942. The highest BCUT2D eigenvalue weighted by Crippen LogP contribution is 2.27. The third-order valence-corrected chi connectivity index (χ3v) is 3.76. The highest BCUT2D eigenvalue weighted by atomic mass is 32.2. The Balaban J connectivity index is 2.54. The van der Waals surface area contributed by atoms with Crippen LogP contribution in [0.15, 0.2) is 39.2 Å². The molecular weight excluding hydrogens is 320 g/mol. The first-order chi connectivity index (χ1) is 10.7. The smallest absolute Gasteiger partial charge is 0.278 e. The van der Waals surface area contributed by atoms with E-state index in [4.69, 9.17) is 5.26 Å². The number of benzene rings is 1. The van der Waals surface area contributed by atoms with Gasteiger partial charge in [-0.15, -0.1) is 10.2 Å². The predicted octanol–water partition coefficient (Wildman–Crippen LogP) is 1.97. The average molecular weight is 332 g/mol. The minimum absolute atomic E-state index is 0.189. The number of rotatable bonds is 3. The summed E-state index contributed by atoms with van der Waals surface area (Å²) in [6.45, 7) is 0. The molecule has 0 spiro atoms. The van der Waals surface area contributed by atoms with Gasteiger partial charge < -0.3 is 0 Å². The maximum atomic E-state index is 12.1. The van der Waals surface area contributed by atoms with Gasteiger partial charge in [-0.05, 0) is 18.6 Å². The number of nitrogens with one attached hydrogen (secondary N) is 2. The summed E-state index contributed by atoms with van der Waals surface area (Å²) in [4.78, 5) is 19.1. The molecule has 2 rings (SSSR count). The Kier molecular flexibility index (Phi) is 5.57. The molecule has 0 unspecified atom stereocenters. The third-order valence-electron chi connectivity index (χ3n) is 2.61. The van der Waals surface area contributed by atoms with Crippen LogP contribution in [0.25, 0.3) is 11.3 Å². The topological polar surface area (TPSA) is 107 Å². The number of H-pyrrole nitrogens is 1. The molecule has 1 heterocycles. The molecule has 0 fully saturated rings. The van der Waals surface area contributed by atoms with Crippen LogP contribution in [0.5, 0.6) is 0 Å². The van der Waals surface area contributed by atoms with E-state index in [1.165, 1.54) is 23.5 Å². The van der Waals surface area contributed by atoms with Gasteiger partial charge in [0.1, 0.15) is 0 Å². The van der Waals surface area contributed by atoms with Crippen LogP contribution in [0.3, 0.4) is 0 Å². The maximum Gasteiger partial charge on any atom is 0.278 e. The van der Waals surface area contributed by atoms with Crippen LogP contribution in [-0.2, 0) is 0 Å². The van der Waals surface area contributed by atoms with Gasteiger partial charge >= 0.3 is 0 Å².